The van der Waals surface area contributed by atoms with E-state index in [4.69, 9.17) is 4.74 Å². The lowest BCUT2D eigenvalue weighted by molar-refractivity contribution is -0.120. The van der Waals surface area contributed by atoms with Crippen LogP contribution in [-0.2, 0) is 4.79 Å². The number of aromatic nitrogens is 2. The predicted octanol–water partition coefficient (Wildman–Crippen LogP) is 2.70. The minimum Gasteiger partial charge on any atom is -0.493 e. The molecule has 1 atom stereocenters. The van der Waals surface area contributed by atoms with E-state index in [9.17, 15) is 4.79 Å². The van der Waals surface area contributed by atoms with E-state index in [-0.39, 0.29) is 5.92 Å². The maximum Gasteiger partial charge on any atom is 0.160 e. The van der Waals surface area contributed by atoms with Gasteiger partial charge >= 0.3 is 0 Å². The van der Waals surface area contributed by atoms with Crippen LogP contribution in [-0.4, -0.2) is 22.7 Å². The number of ketones is 1. The van der Waals surface area contributed by atoms with Crippen LogP contribution in [0, 0.1) is 0 Å². The van der Waals surface area contributed by atoms with Crippen LogP contribution < -0.4 is 4.74 Å². The first-order chi connectivity index (χ1) is 8.13. The largest absolute Gasteiger partial charge is 0.493 e. The molecule has 4 nitrogen and oxygen atoms in total. The second kappa shape index (κ2) is 4.90. The summed E-state index contributed by atoms with van der Waals surface area (Å²) in [5.74, 6) is 1.45. The Morgan fingerprint density at radius 1 is 1.53 bits per heavy atom. The average Bonchev–Trinajstić information content (AvgIpc) is 2.72. The monoisotopic (exact) mass is 236 g/mol. The molecule has 0 aromatic carbocycles. The van der Waals surface area contributed by atoms with Gasteiger partial charge in [-0.05, 0) is 26.7 Å². The van der Waals surface area contributed by atoms with Gasteiger partial charge in [-0.2, -0.15) is 5.10 Å². The fourth-order valence-corrected chi connectivity index (χ4v) is 2.57. The molecule has 1 heterocycles. The van der Waals surface area contributed by atoms with Crippen molar-refractivity contribution in [2.24, 2.45) is 0 Å². The average molecular weight is 236 g/mol. The van der Waals surface area contributed by atoms with Gasteiger partial charge < -0.3 is 4.74 Å². The smallest absolute Gasteiger partial charge is 0.160 e. The van der Waals surface area contributed by atoms with Gasteiger partial charge in [-0.3, -0.25) is 9.48 Å². The van der Waals surface area contributed by atoms with E-state index in [1.54, 1.807) is 13.3 Å². The number of ether oxygens (including phenoxy) is 1. The first kappa shape index (κ1) is 12.1. The number of rotatable bonds is 3. The van der Waals surface area contributed by atoms with E-state index < -0.39 is 0 Å². The van der Waals surface area contributed by atoms with Gasteiger partial charge in [0.25, 0.3) is 0 Å². The Balaban J connectivity index is 2.34. The summed E-state index contributed by atoms with van der Waals surface area (Å²) in [6, 6.07) is 0.297. The maximum absolute atomic E-state index is 11.6. The summed E-state index contributed by atoms with van der Waals surface area (Å²) in [4.78, 5) is 11.6. The van der Waals surface area contributed by atoms with Crippen LogP contribution in [0.2, 0.25) is 0 Å². The van der Waals surface area contributed by atoms with Crippen LogP contribution >= 0.6 is 0 Å². The molecule has 1 aliphatic rings. The van der Waals surface area contributed by atoms with Gasteiger partial charge in [-0.15, -0.1) is 0 Å². The van der Waals surface area contributed by atoms with Crippen molar-refractivity contribution in [2.75, 3.05) is 7.11 Å². The number of hydrogen-bond acceptors (Lipinski definition) is 3. The molecule has 1 aliphatic carbocycles. The molecule has 17 heavy (non-hydrogen) atoms. The Labute approximate surface area is 102 Å². The van der Waals surface area contributed by atoms with Crippen molar-refractivity contribution in [3.05, 3.63) is 11.9 Å². The maximum atomic E-state index is 11.6. The number of Topliss-reactive ketones (excluding diaryl/α,β-unsaturated/α-hetero) is 1. The standard InChI is InChI=1S/C13H20N2O2/c1-9(2)15-13(12(17-3)8-14-15)10-5-4-6-11(16)7-10/h8-10H,4-7H2,1-3H3. The highest BCUT2D eigenvalue weighted by atomic mass is 16.5. The topological polar surface area (TPSA) is 44.1 Å². The Morgan fingerprint density at radius 3 is 2.88 bits per heavy atom. The fourth-order valence-electron chi connectivity index (χ4n) is 2.57. The lowest BCUT2D eigenvalue weighted by Crippen LogP contribution is -2.18. The predicted molar refractivity (Wildman–Crippen MR) is 65.4 cm³/mol. The molecule has 1 unspecified atom stereocenters. The third kappa shape index (κ3) is 2.35. The Hall–Kier alpha value is -1.32. The molecule has 2 rings (SSSR count). The van der Waals surface area contributed by atoms with Crippen LogP contribution in [0.5, 0.6) is 5.75 Å². The van der Waals surface area contributed by atoms with Gasteiger partial charge in [0.15, 0.2) is 5.75 Å². The van der Waals surface area contributed by atoms with Gasteiger partial charge in [0, 0.05) is 24.8 Å². The van der Waals surface area contributed by atoms with Crippen LogP contribution in [0.1, 0.15) is 57.2 Å². The number of carbonyl (C=O) groups is 1. The number of methoxy groups -OCH3 is 1. The van der Waals surface area contributed by atoms with Crippen molar-refractivity contribution >= 4 is 5.78 Å². The van der Waals surface area contributed by atoms with Gasteiger partial charge in [-0.25, -0.2) is 0 Å². The zero-order valence-corrected chi connectivity index (χ0v) is 10.8. The Bertz CT molecular complexity index is 410. The van der Waals surface area contributed by atoms with Crippen molar-refractivity contribution in [1.29, 1.82) is 0 Å². The molecule has 0 N–H and O–H groups in total. The van der Waals surface area contributed by atoms with E-state index in [1.165, 1.54) is 0 Å². The summed E-state index contributed by atoms with van der Waals surface area (Å²) in [5.41, 5.74) is 1.09. The first-order valence-electron chi connectivity index (χ1n) is 6.26. The molecule has 0 amide bonds. The minimum absolute atomic E-state index is 0.274. The normalized spacial score (nSPS) is 20.9. The van der Waals surface area contributed by atoms with Crippen LogP contribution in [0.4, 0.5) is 0 Å². The number of carbonyl (C=O) groups excluding carboxylic acids is 1. The summed E-state index contributed by atoms with van der Waals surface area (Å²) < 4.78 is 7.36. The fraction of sp³-hybridized carbons (Fsp3) is 0.692. The second-order valence-corrected chi connectivity index (χ2v) is 4.97. The Morgan fingerprint density at radius 2 is 2.29 bits per heavy atom. The number of nitrogens with zero attached hydrogens (tertiary/aromatic N) is 2. The molecular formula is C13H20N2O2. The number of hydrogen-bond donors (Lipinski definition) is 0. The quantitative estimate of drug-likeness (QED) is 0.810. The molecule has 0 saturated heterocycles. The Kier molecular flexibility index (Phi) is 3.50. The highest BCUT2D eigenvalue weighted by Crippen LogP contribution is 2.37. The third-order valence-electron chi connectivity index (χ3n) is 3.38. The molecule has 1 fully saturated rings. The van der Waals surface area contributed by atoms with Crippen LogP contribution in [0.3, 0.4) is 0 Å². The molecule has 0 spiro atoms. The zero-order chi connectivity index (χ0) is 12.4. The van der Waals surface area contributed by atoms with Crippen molar-refractivity contribution < 1.29 is 9.53 Å². The van der Waals surface area contributed by atoms with Gasteiger partial charge in [0.05, 0.1) is 19.0 Å². The molecule has 94 valence electrons. The summed E-state index contributed by atoms with van der Waals surface area (Å²) in [6.07, 6.45) is 5.16. The van der Waals surface area contributed by atoms with E-state index in [1.807, 2.05) is 4.68 Å². The lowest BCUT2D eigenvalue weighted by atomic mass is 9.85. The van der Waals surface area contributed by atoms with Gasteiger partial charge in [0.2, 0.25) is 0 Å². The van der Waals surface area contributed by atoms with Gasteiger partial charge in [-0.1, -0.05) is 0 Å². The summed E-state index contributed by atoms with van der Waals surface area (Å²) in [7, 11) is 1.66. The summed E-state index contributed by atoms with van der Waals surface area (Å²) in [5, 5.41) is 4.37. The molecular weight excluding hydrogens is 216 g/mol. The van der Waals surface area contributed by atoms with Crippen molar-refractivity contribution in [2.45, 2.75) is 51.5 Å². The van der Waals surface area contributed by atoms with E-state index in [0.29, 0.717) is 18.2 Å². The molecule has 4 heteroatoms. The molecule has 1 aromatic heterocycles. The van der Waals surface area contributed by atoms with E-state index in [0.717, 1.165) is 30.7 Å². The zero-order valence-electron chi connectivity index (χ0n) is 10.8. The highest BCUT2D eigenvalue weighted by molar-refractivity contribution is 5.80. The molecule has 0 aliphatic heterocycles. The van der Waals surface area contributed by atoms with Gasteiger partial charge in [0.1, 0.15) is 5.78 Å². The highest BCUT2D eigenvalue weighted by Gasteiger charge is 2.27. The van der Waals surface area contributed by atoms with E-state index in [2.05, 4.69) is 18.9 Å². The first-order valence-corrected chi connectivity index (χ1v) is 6.26. The molecule has 0 radical (unpaired) electrons. The lowest BCUT2D eigenvalue weighted by Gasteiger charge is -2.24. The van der Waals surface area contributed by atoms with Crippen molar-refractivity contribution in [3.8, 4) is 5.75 Å². The summed E-state index contributed by atoms with van der Waals surface area (Å²) >= 11 is 0. The second-order valence-electron chi connectivity index (χ2n) is 4.97. The van der Waals surface area contributed by atoms with Crippen LogP contribution in [0.25, 0.3) is 0 Å². The van der Waals surface area contributed by atoms with E-state index >= 15 is 0 Å². The van der Waals surface area contributed by atoms with Crippen molar-refractivity contribution in [1.82, 2.24) is 9.78 Å². The third-order valence-corrected chi connectivity index (χ3v) is 3.38. The molecule has 1 aromatic rings. The van der Waals surface area contributed by atoms with Crippen molar-refractivity contribution in [3.63, 3.8) is 0 Å². The molecule has 1 saturated carbocycles. The summed E-state index contributed by atoms with van der Waals surface area (Å²) in [6.45, 7) is 4.20. The SMILES string of the molecule is COc1cnn(C(C)C)c1C1CCCC(=O)C1. The van der Waals surface area contributed by atoms with Crippen LogP contribution in [0.15, 0.2) is 6.20 Å². The minimum atomic E-state index is 0.274. The molecule has 0 bridgehead atoms.